The molecule has 1 aromatic carbocycles. The molecule has 1 atom stereocenters. The number of anilines is 1. The number of amides is 1. The number of nitrogens with two attached hydrogens (primary N) is 1. The molecule has 1 aliphatic heterocycles. The summed E-state index contributed by atoms with van der Waals surface area (Å²) in [5, 5.41) is 2.81. The lowest BCUT2D eigenvalue weighted by atomic mass is 10.1. The van der Waals surface area contributed by atoms with Crippen LogP contribution in [0.1, 0.15) is 17.5 Å². The van der Waals surface area contributed by atoms with Gasteiger partial charge in [0.2, 0.25) is 5.91 Å². The molecule has 19 heavy (non-hydrogen) atoms. The minimum atomic E-state index is -3.04. The number of sulfone groups is 1. The fourth-order valence-electron chi connectivity index (χ4n) is 2.17. The molecule has 0 radical (unpaired) electrons. The highest BCUT2D eigenvalue weighted by atomic mass is 32.2. The van der Waals surface area contributed by atoms with Gasteiger partial charge in [-0.05, 0) is 30.5 Å². The predicted octanol–water partition coefficient (Wildman–Crippen LogP) is 0.827. The van der Waals surface area contributed by atoms with Crippen LogP contribution in [0.5, 0.6) is 0 Å². The molecule has 1 fully saturated rings. The van der Waals surface area contributed by atoms with Gasteiger partial charge in [0.1, 0.15) is 0 Å². The number of aryl methyl sites for hydroxylation is 1. The molecule has 0 spiro atoms. The first-order valence-corrected chi connectivity index (χ1v) is 8.04. The monoisotopic (exact) mass is 282 g/mol. The average Bonchev–Trinajstić information content (AvgIpc) is 2.72. The van der Waals surface area contributed by atoms with E-state index >= 15 is 0 Å². The second-order valence-corrected chi connectivity index (χ2v) is 7.17. The Hall–Kier alpha value is -1.40. The number of nitrogens with one attached hydrogen (secondary N) is 1. The van der Waals surface area contributed by atoms with Crippen LogP contribution < -0.4 is 11.1 Å². The summed E-state index contributed by atoms with van der Waals surface area (Å²) >= 11 is 0. The van der Waals surface area contributed by atoms with Crippen molar-refractivity contribution in [2.45, 2.75) is 19.9 Å². The number of hydrogen-bond donors (Lipinski definition) is 2. The van der Waals surface area contributed by atoms with Crippen molar-refractivity contribution in [3.05, 3.63) is 29.3 Å². The van der Waals surface area contributed by atoms with Crippen molar-refractivity contribution in [2.24, 2.45) is 11.7 Å². The summed E-state index contributed by atoms with van der Waals surface area (Å²) in [5.41, 5.74) is 8.14. The lowest BCUT2D eigenvalue weighted by Gasteiger charge is -2.12. The zero-order valence-electron chi connectivity index (χ0n) is 10.8. The third kappa shape index (κ3) is 3.33. The van der Waals surface area contributed by atoms with Crippen molar-refractivity contribution < 1.29 is 13.2 Å². The van der Waals surface area contributed by atoms with Crippen LogP contribution >= 0.6 is 0 Å². The molecule has 0 saturated carbocycles. The Morgan fingerprint density at radius 1 is 1.47 bits per heavy atom. The normalized spacial score (nSPS) is 21.3. The summed E-state index contributed by atoms with van der Waals surface area (Å²) in [6.45, 7) is 2.29. The highest BCUT2D eigenvalue weighted by Crippen LogP contribution is 2.22. The van der Waals surface area contributed by atoms with Gasteiger partial charge >= 0.3 is 0 Å². The molecule has 1 aliphatic rings. The van der Waals surface area contributed by atoms with Crippen molar-refractivity contribution in [1.82, 2.24) is 0 Å². The SMILES string of the molecule is Cc1ccc(CN)cc1NC(=O)C1CCS(=O)(=O)C1. The molecule has 1 aromatic rings. The molecule has 3 N–H and O–H groups in total. The Labute approximate surface area is 113 Å². The van der Waals surface area contributed by atoms with E-state index < -0.39 is 15.8 Å². The Balaban J connectivity index is 2.11. The highest BCUT2D eigenvalue weighted by Gasteiger charge is 2.33. The molecular formula is C13H18N2O3S. The average molecular weight is 282 g/mol. The van der Waals surface area contributed by atoms with E-state index in [0.717, 1.165) is 11.1 Å². The first-order chi connectivity index (χ1) is 8.91. The second kappa shape index (κ2) is 5.30. The quantitative estimate of drug-likeness (QED) is 0.859. The maximum absolute atomic E-state index is 12.0. The van der Waals surface area contributed by atoms with Crippen molar-refractivity contribution in [3.63, 3.8) is 0 Å². The number of carbonyl (C=O) groups is 1. The molecule has 0 aliphatic carbocycles. The van der Waals surface area contributed by atoms with Gasteiger partial charge in [-0.3, -0.25) is 4.79 Å². The third-order valence-electron chi connectivity index (χ3n) is 3.40. The van der Waals surface area contributed by atoms with Crippen molar-refractivity contribution in [2.75, 3.05) is 16.8 Å². The Morgan fingerprint density at radius 3 is 2.79 bits per heavy atom. The van der Waals surface area contributed by atoms with E-state index in [4.69, 9.17) is 5.73 Å². The van der Waals surface area contributed by atoms with E-state index in [1.165, 1.54) is 0 Å². The van der Waals surface area contributed by atoms with Crippen LogP contribution in [0.3, 0.4) is 0 Å². The Bertz CT molecular complexity index is 596. The fraction of sp³-hybridized carbons (Fsp3) is 0.462. The van der Waals surface area contributed by atoms with Crippen molar-refractivity contribution in [1.29, 1.82) is 0 Å². The molecule has 2 rings (SSSR count). The van der Waals surface area contributed by atoms with Gasteiger partial charge in [-0.1, -0.05) is 12.1 Å². The standard InChI is InChI=1S/C13H18N2O3S/c1-9-2-3-10(7-14)6-12(9)15-13(16)11-4-5-19(17,18)8-11/h2-3,6,11H,4-5,7-8,14H2,1H3,(H,15,16). The summed E-state index contributed by atoms with van der Waals surface area (Å²) in [5.74, 6) is -0.606. The van der Waals surface area contributed by atoms with Crippen LogP contribution in [0.4, 0.5) is 5.69 Å². The van der Waals surface area contributed by atoms with Gasteiger partial charge in [0.15, 0.2) is 9.84 Å². The smallest absolute Gasteiger partial charge is 0.228 e. The Morgan fingerprint density at radius 2 is 2.21 bits per heavy atom. The van der Waals surface area contributed by atoms with E-state index in [9.17, 15) is 13.2 Å². The third-order valence-corrected chi connectivity index (χ3v) is 5.17. The molecule has 0 bridgehead atoms. The molecule has 1 heterocycles. The number of carbonyl (C=O) groups excluding carboxylic acids is 1. The molecule has 5 nitrogen and oxygen atoms in total. The summed E-state index contributed by atoms with van der Waals surface area (Å²) in [7, 11) is -3.04. The second-order valence-electron chi connectivity index (χ2n) is 4.94. The number of benzene rings is 1. The lowest BCUT2D eigenvalue weighted by molar-refractivity contribution is -0.119. The minimum absolute atomic E-state index is 0.0472. The predicted molar refractivity (Wildman–Crippen MR) is 74.5 cm³/mol. The zero-order chi connectivity index (χ0) is 14.0. The van der Waals surface area contributed by atoms with Crippen LogP contribution in [-0.2, 0) is 21.2 Å². The van der Waals surface area contributed by atoms with E-state index in [1.807, 2.05) is 25.1 Å². The summed E-state index contributed by atoms with van der Waals surface area (Å²) in [4.78, 5) is 12.0. The summed E-state index contributed by atoms with van der Waals surface area (Å²) < 4.78 is 22.7. The molecule has 6 heteroatoms. The van der Waals surface area contributed by atoms with Crippen LogP contribution in [0.25, 0.3) is 0 Å². The summed E-state index contributed by atoms with van der Waals surface area (Å²) in [6.07, 6.45) is 0.407. The van der Waals surface area contributed by atoms with Crippen LogP contribution in [-0.4, -0.2) is 25.8 Å². The van der Waals surface area contributed by atoms with E-state index in [1.54, 1.807) is 0 Å². The maximum Gasteiger partial charge on any atom is 0.228 e. The largest absolute Gasteiger partial charge is 0.326 e. The molecule has 1 saturated heterocycles. The molecule has 0 aromatic heterocycles. The zero-order valence-corrected chi connectivity index (χ0v) is 11.7. The van der Waals surface area contributed by atoms with Crippen LogP contribution in [0, 0.1) is 12.8 Å². The minimum Gasteiger partial charge on any atom is -0.326 e. The van der Waals surface area contributed by atoms with Gasteiger partial charge in [-0.25, -0.2) is 8.42 Å². The van der Waals surface area contributed by atoms with Gasteiger partial charge in [0.05, 0.1) is 17.4 Å². The number of hydrogen-bond acceptors (Lipinski definition) is 4. The molecule has 1 unspecified atom stereocenters. The number of rotatable bonds is 3. The molecule has 1 amide bonds. The van der Waals surface area contributed by atoms with Crippen molar-refractivity contribution in [3.8, 4) is 0 Å². The first-order valence-electron chi connectivity index (χ1n) is 6.22. The molecular weight excluding hydrogens is 264 g/mol. The highest BCUT2D eigenvalue weighted by molar-refractivity contribution is 7.91. The lowest BCUT2D eigenvalue weighted by Crippen LogP contribution is -2.24. The van der Waals surface area contributed by atoms with Gasteiger partial charge in [-0.15, -0.1) is 0 Å². The van der Waals surface area contributed by atoms with Crippen LogP contribution in [0.2, 0.25) is 0 Å². The Kier molecular flexibility index (Phi) is 3.91. The van der Waals surface area contributed by atoms with Crippen LogP contribution in [0.15, 0.2) is 18.2 Å². The van der Waals surface area contributed by atoms with Crippen molar-refractivity contribution >= 4 is 21.4 Å². The maximum atomic E-state index is 12.0. The molecule has 104 valence electrons. The van der Waals surface area contributed by atoms with Gasteiger partial charge in [0, 0.05) is 12.2 Å². The van der Waals surface area contributed by atoms with E-state index in [2.05, 4.69) is 5.32 Å². The van der Waals surface area contributed by atoms with E-state index in [-0.39, 0.29) is 17.4 Å². The summed E-state index contributed by atoms with van der Waals surface area (Å²) in [6, 6.07) is 5.63. The van der Waals surface area contributed by atoms with E-state index in [0.29, 0.717) is 18.7 Å². The van der Waals surface area contributed by atoms with Gasteiger partial charge in [0.25, 0.3) is 0 Å². The van der Waals surface area contributed by atoms with Gasteiger partial charge in [-0.2, -0.15) is 0 Å². The topological polar surface area (TPSA) is 89.3 Å². The van der Waals surface area contributed by atoms with Gasteiger partial charge < -0.3 is 11.1 Å². The first kappa shape index (κ1) is 14.0. The fourth-order valence-corrected chi connectivity index (χ4v) is 3.91.